The summed E-state index contributed by atoms with van der Waals surface area (Å²) in [7, 11) is 0. The zero-order valence-electron chi connectivity index (χ0n) is 59.9. The van der Waals surface area contributed by atoms with Crippen LogP contribution in [0.5, 0.6) is 0 Å². The van der Waals surface area contributed by atoms with Gasteiger partial charge in [0.25, 0.3) is 0 Å². The van der Waals surface area contributed by atoms with E-state index < -0.39 is 124 Å². The average molecular weight is 1370 g/mol. The molecule has 0 aliphatic carbocycles. The number of aliphatic hydroxyl groups excluding tert-OH is 11. The van der Waals surface area contributed by atoms with E-state index in [1.165, 1.54) is 212 Å². The second-order valence-electron chi connectivity index (χ2n) is 27.8. The van der Waals surface area contributed by atoms with Crippen molar-refractivity contribution < 1.29 is 89.4 Å². The van der Waals surface area contributed by atoms with E-state index in [2.05, 4.69) is 55.6 Å². The highest BCUT2D eigenvalue weighted by Gasteiger charge is 2.53. The lowest BCUT2D eigenvalue weighted by Crippen LogP contribution is -2.66. The standard InChI is InChI=1S/C77H141NO18/c1-3-5-7-9-11-13-15-17-19-21-23-25-27-29-30-31-33-35-37-39-41-43-45-47-49-51-53-55-65(83)78-60(61(82)54-52-50-48-46-44-42-40-38-36-34-32-28-26-24-22-20-18-16-14-12-10-8-6-4-2)59-91-75-71(89)68(86)73(63(57-80)93-75)96-77-72(90)69(87)74(64(58-81)94-77)95-76-70(88)67(85)66(84)62(56-79)92-76/h15,17,21,23,27,29,52,54,60-64,66-77,79-82,84-90H,3-14,16,18-20,22,24-26,28,30-51,53,55-59H2,1-2H3,(H,78,83)/b17-15-,23-21-,29-27-,54-52+. The predicted molar refractivity (Wildman–Crippen MR) is 379 cm³/mol. The molecule has 3 aliphatic rings. The minimum Gasteiger partial charge on any atom is -0.394 e. The molecule has 562 valence electrons. The molecule has 0 saturated carbocycles. The van der Waals surface area contributed by atoms with Gasteiger partial charge in [0.1, 0.15) is 73.2 Å². The van der Waals surface area contributed by atoms with Gasteiger partial charge < -0.3 is 89.9 Å². The summed E-state index contributed by atoms with van der Waals surface area (Å²) in [5.41, 5.74) is 0. The van der Waals surface area contributed by atoms with Crippen LogP contribution < -0.4 is 5.32 Å². The lowest BCUT2D eigenvalue weighted by atomic mass is 9.96. The van der Waals surface area contributed by atoms with Gasteiger partial charge in [-0.2, -0.15) is 0 Å². The SMILES string of the molecule is CCCCCCC/C=C\C/C=C\C/C=C\CCCCCCCCCCCCCCC(=O)NC(COC1OC(CO)C(OC2OC(CO)C(OC3OC(CO)C(O)C(O)C3O)C(O)C2O)C(O)C1O)C(O)/C=C/CCCCCCCCCCCCCCCCCCCCCCCC. The van der Waals surface area contributed by atoms with E-state index in [-0.39, 0.29) is 18.9 Å². The molecule has 19 nitrogen and oxygen atoms in total. The zero-order chi connectivity index (χ0) is 69.6. The van der Waals surface area contributed by atoms with E-state index in [1.807, 2.05) is 6.08 Å². The summed E-state index contributed by atoms with van der Waals surface area (Å²) < 4.78 is 34.4. The smallest absolute Gasteiger partial charge is 0.220 e. The quantitative estimate of drug-likeness (QED) is 0.0199. The van der Waals surface area contributed by atoms with Crippen LogP contribution in [0.4, 0.5) is 0 Å². The maximum Gasteiger partial charge on any atom is 0.220 e. The van der Waals surface area contributed by atoms with Crippen LogP contribution in [0.25, 0.3) is 0 Å². The fourth-order valence-corrected chi connectivity index (χ4v) is 13.1. The number of allylic oxidation sites excluding steroid dienone is 7. The molecule has 3 fully saturated rings. The molecule has 0 bridgehead atoms. The molecule has 0 aromatic carbocycles. The van der Waals surface area contributed by atoms with Crippen molar-refractivity contribution in [3.8, 4) is 0 Å². The minimum atomic E-state index is -1.98. The van der Waals surface area contributed by atoms with Crippen LogP contribution in [0.15, 0.2) is 48.6 Å². The minimum absolute atomic E-state index is 0.241. The van der Waals surface area contributed by atoms with Crippen molar-refractivity contribution in [1.29, 1.82) is 0 Å². The molecule has 96 heavy (non-hydrogen) atoms. The fraction of sp³-hybridized carbons (Fsp3) is 0.883. The highest BCUT2D eigenvalue weighted by atomic mass is 16.8. The van der Waals surface area contributed by atoms with Crippen LogP contribution in [0, 0.1) is 0 Å². The van der Waals surface area contributed by atoms with Gasteiger partial charge >= 0.3 is 0 Å². The average Bonchev–Trinajstić information content (AvgIpc) is 1.09. The highest BCUT2D eigenvalue weighted by Crippen LogP contribution is 2.33. The van der Waals surface area contributed by atoms with E-state index >= 15 is 0 Å². The van der Waals surface area contributed by atoms with Crippen LogP contribution in [0.1, 0.15) is 303 Å². The molecular weight excluding hydrogens is 1230 g/mol. The number of hydrogen-bond donors (Lipinski definition) is 12. The predicted octanol–water partition coefficient (Wildman–Crippen LogP) is 12.1. The molecule has 0 aromatic rings. The first-order chi connectivity index (χ1) is 46.8. The van der Waals surface area contributed by atoms with Gasteiger partial charge in [-0.15, -0.1) is 0 Å². The van der Waals surface area contributed by atoms with Gasteiger partial charge in [0, 0.05) is 6.42 Å². The third-order valence-corrected chi connectivity index (χ3v) is 19.4. The third kappa shape index (κ3) is 38.7. The number of rotatable bonds is 61. The second-order valence-corrected chi connectivity index (χ2v) is 27.8. The summed E-state index contributed by atoms with van der Waals surface area (Å²) in [5.74, 6) is -0.275. The zero-order valence-corrected chi connectivity index (χ0v) is 59.9. The Hall–Kier alpha value is -2.25. The topological polar surface area (TPSA) is 307 Å². The first-order valence-corrected chi connectivity index (χ1v) is 38.9. The van der Waals surface area contributed by atoms with Crippen molar-refractivity contribution in [2.75, 3.05) is 26.4 Å². The maximum absolute atomic E-state index is 13.5. The first-order valence-electron chi connectivity index (χ1n) is 38.9. The number of carbonyl (C=O) groups excluding carboxylic acids is 1. The number of hydrogen-bond acceptors (Lipinski definition) is 18. The van der Waals surface area contributed by atoms with Crippen LogP contribution >= 0.6 is 0 Å². The Kier molecular flexibility index (Phi) is 53.4. The molecule has 0 radical (unpaired) electrons. The first kappa shape index (κ1) is 88.0. The number of amides is 1. The van der Waals surface area contributed by atoms with Gasteiger partial charge in [-0.3, -0.25) is 4.79 Å². The molecule has 17 unspecified atom stereocenters. The Morgan fingerprint density at radius 3 is 1.07 bits per heavy atom. The molecule has 0 spiro atoms. The van der Waals surface area contributed by atoms with E-state index in [0.717, 1.165) is 64.2 Å². The number of unbranched alkanes of at least 4 members (excludes halogenated alkanes) is 39. The Morgan fingerprint density at radius 1 is 0.375 bits per heavy atom. The summed E-state index contributed by atoms with van der Waals surface area (Å²) in [6.07, 6.45) is 45.1. The summed E-state index contributed by atoms with van der Waals surface area (Å²) in [6, 6.07) is -0.977. The number of aliphatic hydroxyl groups is 11. The van der Waals surface area contributed by atoms with E-state index in [1.54, 1.807) is 6.08 Å². The van der Waals surface area contributed by atoms with E-state index in [0.29, 0.717) is 6.42 Å². The monoisotopic (exact) mass is 1370 g/mol. The third-order valence-electron chi connectivity index (χ3n) is 19.4. The molecular formula is C77H141NO18. The molecule has 19 heteroatoms. The summed E-state index contributed by atoms with van der Waals surface area (Å²) in [4.78, 5) is 13.5. The van der Waals surface area contributed by atoms with Crippen molar-refractivity contribution in [2.24, 2.45) is 0 Å². The number of ether oxygens (including phenoxy) is 6. The van der Waals surface area contributed by atoms with Crippen LogP contribution in [0.2, 0.25) is 0 Å². The molecule has 17 atom stereocenters. The van der Waals surface area contributed by atoms with Crippen molar-refractivity contribution in [2.45, 2.75) is 407 Å². The lowest BCUT2D eigenvalue weighted by molar-refractivity contribution is -0.379. The number of carbonyl (C=O) groups is 1. The molecule has 3 heterocycles. The van der Waals surface area contributed by atoms with Gasteiger partial charge in [0.05, 0.1) is 38.6 Å². The Labute approximate surface area is 580 Å². The Bertz CT molecular complexity index is 1930. The Morgan fingerprint density at radius 2 is 0.688 bits per heavy atom. The van der Waals surface area contributed by atoms with Crippen molar-refractivity contribution in [3.63, 3.8) is 0 Å². The molecule has 12 N–H and O–H groups in total. The number of nitrogens with one attached hydrogen (secondary N) is 1. The Balaban J connectivity index is 1.40. The van der Waals surface area contributed by atoms with Gasteiger partial charge in [-0.05, 0) is 57.8 Å². The molecule has 3 aliphatic heterocycles. The van der Waals surface area contributed by atoms with Crippen LogP contribution in [0.3, 0.4) is 0 Å². The molecule has 1 amide bonds. The largest absolute Gasteiger partial charge is 0.394 e. The fourth-order valence-electron chi connectivity index (χ4n) is 13.1. The van der Waals surface area contributed by atoms with Gasteiger partial charge in [0.2, 0.25) is 5.91 Å². The van der Waals surface area contributed by atoms with Crippen LogP contribution in [-0.4, -0.2) is 193 Å². The van der Waals surface area contributed by atoms with Crippen molar-refractivity contribution in [3.05, 3.63) is 48.6 Å². The lowest BCUT2D eigenvalue weighted by Gasteiger charge is -2.48. The van der Waals surface area contributed by atoms with Gasteiger partial charge in [-0.1, -0.05) is 287 Å². The maximum atomic E-state index is 13.5. The van der Waals surface area contributed by atoms with E-state index in [4.69, 9.17) is 28.4 Å². The second kappa shape index (κ2) is 58.3. The summed E-state index contributed by atoms with van der Waals surface area (Å²) in [5, 5.41) is 121. The molecule has 3 rings (SSSR count). The van der Waals surface area contributed by atoms with E-state index in [9.17, 15) is 61.0 Å². The van der Waals surface area contributed by atoms with Crippen LogP contribution in [-0.2, 0) is 33.2 Å². The summed E-state index contributed by atoms with van der Waals surface area (Å²) >= 11 is 0. The van der Waals surface area contributed by atoms with Crippen molar-refractivity contribution >= 4 is 5.91 Å². The summed E-state index contributed by atoms with van der Waals surface area (Å²) in [6.45, 7) is 1.76. The van der Waals surface area contributed by atoms with Crippen molar-refractivity contribution in [1.82, 2.24) is 5.32 Å². The molecule has 3 saturated heterocycles. The highest BCUT2D eigenvalue weighted by molar-refractivity contribution is 5.76. The normalized spacial score (nSPS) is 27.3. The van der Waals surface area contributed by atoms with Gasteiger partial charge in [0.15, 0.2) is 18.9 Å². The molecule has 0 aromatic heterocycles. The van der Waals surface area contributed by atoms with Gasteiger partial charge in [-0.25, -0.2) is 0 Å².